The van der Waals surface area contributed by atoms with Gasteiger partial charge in [0.25, 0.3) is 0 Å². The molecule has 0 N–H and O–H groups in total. The monoisotopic (exact) mass is 430 g/mol. The van der Waals surface area contributed by atoms with Crippen molar-refractivity contribution in [1.29, 1.82) is 0 Å². The minimum atomic E-state index is -1.61. The lowest BCUT2D eigenvalue weighted by molar-refractivity contribution is -0.141. The first-order chi connectivity index (χ1) is 14.1. The van der Waals surface area contributed by atoms with E-state index < -0.39 is 8.32 Å². The number of carbonyl (C=O) groups excluding carboxylic acids is 1. The summed E-state index contributed by atoms with van der Waals surface area (Å²) in [5.74, 6) is 3.81. The Labute approximate surface area is 186 Å². The largest absolute Gasteiger partial charge is 0.413 e. The van der Waals surface area contributed by atoms with Crippen molar-refractivity contribution < 1.29 is 9.22 Å². The van der Waals surface area contributed by atoms with Gasteiger partial charge in [-0.2, -0.15) is 0 Å². The summed E-state index contributed by atoms with van der Waals surface area (Å²) in [7, 11) is -1.61. The van der Waals surface area contributed by atoms with Gasteiger partial charge in [-0.15, -0.1) is 0 Å². The molecule has 5 fully saturated rings. The van der Waals surface area contributed by atoms with E-state index in [9.17, 15) is 4.79 Å². The molecular formula is C27H46O2Si. The topological polar surface area (TPSA) is 26.3 Å². The van der Waals surface area contributed by atoms with Crippen molar-refractivity contribution in [2.75, 3.05) is 0 Å². The minimum Gasteiger partial charge on any atom is -0.413 e. The van der Waals surface area contributed by atoms with Crippen LogP contribution in [0.2, 0.25) is 17.1 Å². The molecule has 170 valence electrons. The fraction of sp³-hybridized carbons (Fsp3) is 0.963. The highest BCUT2D eigenvalue weighted by atomic mass is 28.4. The van der Waals surface area contributed by atoms with Crippen LogP contribution >= 0.6 is 0 Å². The van der Waals surface area contributed by atoms with Crippen LogP contribution in [0.1, 0.15) is 105 Å². The molecule has 0 amide bonds. The van der Waals surface area contributed by atoms with Gasteiger partial charge >= 0.3 is 0 Å². The Bertz CT molecular complexity index is 689. The summed E-state index contributed by atoms with van der Waals surface area (Å²) in [6.45, 7) is 12.4. The quantitative estimate of drug-likeness (QED) is 0.423. The molecular weight excluding hydrogens is 384 g/mol. The summed E-state index contributed by atoms with van der Waals surface area (Å²) in [5.41, 5.74) is 0.527. The molecule has 6 unspecified atom stereocenters. The number of hydrogen-bond acceptors (Lipinski definition) is 2. The van der Waals surface area contributed by atoms with E-state index in [1.165, 1.54) is 76.3 Å². The molecule has 4 saturated carbocycles. The Morgan fingerprint density at radius 3 is 2.37 bits per heavy atom. The van der Waals surface area contributed by atoms with Crippen molar-refractivity contribution in [3.05, 3.63) is 0 Å². The first-order valence-corrected chi connectivity index (χ1v) is 15.6. The van der Waals surface area contributed by atoms with Crippen LogP contribution in [-0.4, -0.2) is 20.2 Å². The molecule has 0 aromatic heterocycles. The highest BCUT2D eigenvalue weighted by Crippen LogP contribution is 2.66. The van der Waals surface area contributed by atoms with Crippen molar-refractivity contribution in [2.45, 2.75) is 128 Å². The van der Waals surface area contributed by atoms with Crippen LogP contribution in [0, 0.1) is 34.5 Å². The zero-order valence-corrected chi connectivity index (χ0v) is 21.4. The Morgan fingerprint density at radius 1 is 0.933 bits per heavy atom. The molecule has 5 rings (SSSR count). The van der Waals surface area contributed by atoms with Crippen LogP contribution in [0.4, 0.5) is 0 Å². The standard InChI is InChI=1S/C27H46O2Si/c1-25(2,3)30(16-6-7-17-30)29-20-12-14-26(4)19(18-20)8-9-21-22-10-11-24(28)27(22,5)15-13-23(21)26/h19-23H,6-18H2,1-5H3/t19?,20-,21?,22?,23?,26?,27?/m0/s1. The first-order valence-electron chi connectivity index (χ1n) is 13.3. The molecule has 0 aromatic rings. The smallest absolute Gasteiger partial charge is 0.198 e. The van der Waals surface area contributed by atoms with Crippen LogP contribution in [0.25, 0.3) is 0 Å². The summed E-state index contributed by atoms with van der Waals surface area (Å²) in [6.07, 6.45) is 14.6. The van der Waals surface area contributed by atoms with Gasteiger partial charge in [0.05, 0.1) is 0 Å². The third-order valence-corrected chi connectivity index (χ3v) is 17.3. The van der Waals surface area contributed by atoms with Gasteiger partial charge in [-0.05, 0) is 97.6 Å². The van der Waals surface area contributed by atoms with Gasteiger partial charge in [0.2, 0.25) is 0 Å². The lowest BCUT2D eigenvalue weighted by Crippen LogP contribution is -2.55. The first kappa shape index (κ1) is 21.7. The summed E-state index contributed by atoms with van der Waals surface area (Å²) < 4.78 is 7.23. The lowest BCUT2D eigenvalue weighted by Gasteiger charge is -2.60. The van der Waals surface area contributed by atoms with E-state index in [-0.39, 0.29) is 5.41 Å². The zero-order valence-electron chi connectivity index (χ0n) is 20.4. The maximum Gasteiger partial charge on any atom is 0.198 e. The van der Waals surface area contributed by atoms with Crippen molar-refractivity contribution in [1.82, 2.24) is 0 Å². The predicted molar refractivity (Wildman–Crippen MR) is 126 cm³/mol. The number of ketones is 1. The van der Waals surface area contributed by atoms with Crippen molar-refractivity contribution in [2.24, 2.45) is 34.5 Å². The van der Waals surface area contributed by atoms with Gasteiger partial charge in [0, 0.05) is 17.9 Å². The molecule has 0 bridgehead atoms. The van der Waals surface area contributed by atoms with E-state index in [0.29, 0.717) is 28.3 Å². The molecule has 4 aliphatic carbocycles. The molecule has 30 heavy (non-hydrogen) atoms. The highest BCUT2D eigenvalue weighted by Gasteiger charge is 2.60. The summed E-state index contributed by atoms with van der Waals surface area (Å²) >= 11 is 0. The summed E-state index contributed by atoms with van der Waals surface area (Å²) in [6, 6.07) is 2.79. The molecule has 0 aromatic carbocycles. The maximum atomic E-state index is 12.7. The predicted octanol–water partition coefficient (Wildman–Crippen LogP) is 7.52. The Morgan fingerprint density at radius 2 is 1.67 bits per heavy atom. The third kappa shape index (κ3) is 3.07. The minimum absolute atomic E-state index is 0.0256. The molecule has 3 heteroatoms. The normalized spacial score (nSPS) is 48.2. The van der Waals surface area contributed by atoms with Gasteiger partial charge < -0.3 is 4.43 Å². The maximum absolute atomic E-state index is 12.7. The lowest BCUT2D eigenvalue weighted by atomic mass is 9.45. The third-order valence-electron chi connectivity index (χ3n) is 11.5. The fourth-order valence-electron chi connectivity index (χ4n) is 9.41. The second-order valence-corrected chi connectivity index (χ2v) is 18.3. The van der Waals surface area contributed by atoms with Crippen LogP contribution in [-0.2, 0) is 9.22 Å². The molecule has 1 saturated heterocycles. The number of rotatable bonds is 2. The average molecular weight is 431 g/mol. The molecule has 0 spiro atoms. The van der Waals surface area contributed by atoms with Crippen molar-refractivity contribution in [3.8, 4) is 0 Å². The molecule has 7 atom stereocenters. The van der Waals surface area contributed by atoms with E-state index in [0.717, 1.165) is 24.2 Å². The molecule has 5 aliphatic rings. The van der Waals surface area contributed by atoms with Crippen LogP contribution in [0.3, 0.4) is 0 Å². The average Bonchev–Trinajstić information content (AvgIpc) is 3.27. The van der Waals surface area contributed by atoms with Gasteiger partial charge in [0.15, 0.2) is 8.32 Å². The Kier molecular flexibility index (Phi) is 5.18. The summed E-state index contributed by atoms with van der Waals surface area (Å²) in [5, 5.41) is 0.380. The Balaban J connectivity index is 1.31. The van der Waals surface area contributed by atoms with E-state index in [4.69, 9.17) is 4.43 Å². The Hall–Kier alpha value is -0.153. The molecule has 1 heterocycles. The highest BCUT2D eigenvalue weighted by molar-refractivity contribution is 6.77. The van der Waals surface area contributed by atoms with Crippen molar-refractivity contribution >= 4 is 14.1 Å². The molecule has 0 radical (unpaired) electrons. The number of fused-ring (bicyclic) bond motifs is 5. The summed E-state index contributed by atoms with van der Waals surface area (Å²) in [4.78, 5) is 12.7. The van der Waals surface area contributed by atoms with E-state index in [1.807, 2.05) is 0 Å². The number of carbonyl (C=O) groups is 1. The van der Waals surface area contributed by atoms with Gasteiger partial charge in [-0.3, -0.25) is 4.79 Å². The van der Waals surface area contributed by atoms with Gasteiger partial charge in [-0.25, -0.2) is 0 Å². The zero-order chi connectivity index (χ0) is 21.4. The van der Waals surface area contributed by atoms with Gasteiger partial charge in [0.1, 0.15) is 5.78 Å². The van der Waals surface area contributed by atoms with Gasteiger partial charge in [-0.1, -0.05) is 47.5 Å². The molecule has 2 nitrogen and oxygen atoms in total. The van der Waals surface area contributed by atoms with Crippen molar-refractivity contribution in [3.63, 3.8) is 0 Å². The van der Waals surface area contributed by atoms with Crippen LogP contribution < -0.4 is 0 Å². The second-order valence-electron chi connectivity index (χ2n) is 13.5. The van der Waals surface area contributed by atoms with E-state index >= 15 is 0 Å². The van der Waals surface area contributed by atoms with E-state index in [2.05, 4.69) is 34.6 Å². The second kappa shape index (κ2) is 7.17. The van der Waals surface area contributed by atoms with E-state index in [1.54, 1.807) is 0 Å². The van der Waals surface area contributed by atoms with Crippen LogP contribution in [0.5, 0.6) is 0 Å². The number of Topliss-reactive ketones (excluding diaryl/α,β-unsaturated/α-hetero) is 1. The number of hydrogen-bond donors (Lipinski definition) is 0. The fourth-order valence-corrected chi connectivity index (χ4v) is 14.2. The SMILES string of the molecule is CC12CCC3C(CCC4C[C@@H](O[Si]5(C(C)(C)C)CCCC5)CCC43C)C1CCC2=O. The van der Waals surface area contributed by atoms with Crippen LogP contribution in [0.15, 0.2) is 0 Å². The molecule has 1 aliphatic heterocycles.